The number of nitrogens with zero attached hydrogens (tertiary/aromatic N) is 3. The van der Waals surface area contributed by atoms with Gasteiger partial charge in [-0.3, -0.25) is 9.48 Å². The van der Waals surface area contributed by atoms with Crippen molar-refractivity contribution in [2.24, 2.45) is 5.10 Å². The van der Waals surface area contributed by atoms with E-state index in [1.165, 1.54) is 0 Å². The number of aromatic hydroxyl groups is 1. The molecule has 0 radical (unpaired) electrons. The summed E-state index contributed by atoms with van der Waals surface area (Å²) in [4.78, 5) is 11.8. The van der Waals surface area contributed by atoms with E-state index in [0.717, 1.165) is 17.0 Å². The zero-order valence-electron chi connectivity index (χ0n) is 12.3. The number of aromatic nitrogens is 2. The molecule has 0 saturated heterocycles. The SMILES string of the molecule is C/C(=N\NC(=O)Cn1nc(C)cc1C)c1ccc(O)cc1. The third-order valence-electron chi connectivity index (χ3n) is 3.03. The van der Waals surface area contributed by atoms with Gasteiger partial charge in [0.15, 0.2) is 0 Å². The number of rotatable bonds is 4. The molecule has 2 rings (SSSR count). The number of nitrogens with one attached hydrogen (secondary N) is 1. The molecule has 0 fully saturated rings. The van der Waals surface area contributed by atoms with Gasteiger partial charge in [-0.25, -0.2) is 5.43 Å². The van der Waals surface area contributed by atoms with Gasteiger partial charge in [-0.2, -0.15) is 10.2 Å². The molecule has 0 aliphatic heterocycles. The van der Waals surface area contributed by atoms with Crippen molar-refractivity contribution in [1.82, 2.24) is 15.2 Å². The predicted molar refractivity (Wildman–Crippen MR) is 80.2 cm³/mol. The fourth-order valence-electron chi connectivity index (χ4n) is 1.92. The van der Waals surface area contributed by atoms with E-state index in [1.54, 1.807) is 35.9 Å². The molecule has 0 aliphatic rings. The molecule has 6 nitrogen and oxygen atoms in total. The molecule has 0 saturated carbocycles. The Morgan fingerprint density at radius 1 is 1.33 bits per heavy atom. The van der Waals surface area contributed by atoms with Gasteiger partial charge in [-0.05, 0) is 56.7 Å². The molecule has 21 heavy (non-hydrogen) atoms. The highest BCUT2D eigenvalue weighted by Crippen LogP contribution is 2.10. The number of phenols is 1. The van der Waals surface area contributed by atoms with Crippen LogP contribution >= 0.6 is 0 Å². The van der Waals surface area contributed by atoms with Gasteiger partial charge in [-0.1, -0.05) is 0 Å². The van der Waals surface area contributed by atoms with Crippen molar-refractivity contribution in [1.29, 1.82) is 0 Å². The summed E-state index contributed by atoms with van der Waals surface area (Å²) < 4.78 is 1.63. The van der Waals surface area contributed by atoms with Gasteiger partial charge in [0.25, 0.3) is 5.91 Å². The Morgan fingerprint density at radius 3 is 2.57 bits per heavy atom. The molecule has 1 amide bonds. The number of benzene rings is 1. The van der Waals surface area contributed by atoms with Crippen molar-refractivity contribution in [2.45, 2.75) is 27.3 Å². The van der Waals surface area contributed by atoms with E-state index < -0.39 is 0 Å². The van der Waals surface area contributed by atoms with Crippen LogP contribution in [0, 0.1) is 13.8 Å². The number of phenolic OH excluding ortho intramolecular Hbond substituents is 1. The molecular weight excluding hydrogens is 268 g/mol. The van der Waals surface area contributed by atoms with Crippen LogP contribution in [0.25, 0.3) is 0 Å². The van der Waals surface area contributed by atoms with Gasteiger partial charge >= 0.3 is 0 Å². The van der Waals surface area contributed by atoms with Crippen molar-refractivity contribution in [3.8, 4) is 5.75 Å². The zero-order valence-corrected chi connectivity index (χ0v) is 12.3. The summed E-state index contributed by atoms with van der Waals surface area (Å²) in [6.45, 7) is 5.70. The molecule has 2 N–H and O–H groups in total. The van der Waals surface area contributed by atoms with Crippen LogP contribution in [0.3, 0.4) is 0 Å². The molecule has 6 heteroatoms. The van der Waals surface area contributed by atoms with Gasteiger partial charge in [-0.15, -0.1) is 0 Å². The summed E-state index contributed by atoms with van der Waals surface area (Å²) in [5, 5.41) is 17.5. The van der Waals surface area contributed by atoms with E-state index in [2.05, 4.69) is 15.6 Å². The number of aryl methyl sites for hydroxylation is 2. The lowest BCUT2D eigenvalue weighted by Crippen LogP contribution is -2.25. The smallest absolute Gasteiger partial charge is 0.261 e. The first kappa shape index (κ1) is 14.8. The second-order valence-corrected chi connectivity index (χ2v) is 4.86. The molecular formula is C15H18N4O2. The second kappa shape index (κ2) is 6.21. The van der Waals surface area contributed by atoms with Gasteiger partial charge < -0.3 is 5.11 Å². The van der Waals surface area contributed by atoms with Crippen LogP contribution in [0.1, 0.15) is 23.9 Å². The number of carbonyl (C=O) groups excluding carboxylic acids is 1. The Bertz CT molecular complexity index is 671. The van der Waals surface area contributed by atoms with Crippen LogP contribution in [-0.2, 0) is 11.3 Å². The van der Waals surface area contributed by atoms with E-state index in [0.29, 0.717) is 5.71 Å². The highest BCUT2D eigenvalue weighted by Gasteiger charge is 2.06. The maximum atomic E-state index is 11.8. The molecule has 0 unspecified atom stereocenters. The number of hydrazone groups is 1. The van der Waals surface area contributed by atoms with Gasteiger partial charge in [0.2, 0.25) is 0 Å². The van der Waals surface area contributed by atoms with E-state index in [9.17, 15) is 9.90 Å². The van der Waals surface area contributed by atoms with Gasteiger partial charge in [0.1, 0.15) is 12.3 Å². The average Bonchev–Trinajstić information content (AvgIpc) is 2.75. The Morgan fingerprint density at radius 2 is 2.00 bits per heavy atom. The lowest BCUT2D eigenvalue weighted by atomic mass is 10.1. The predicted octanol–water partition coefficient (Wildman–Crippen LogP) is 1.75. The Balaban J connectivity index is 1.98. The van der Waals surface area contributed by atoms with Crippen LogP contribution in [-0.4, -0.2) is 26.5 Å². The first-order valence-electron chi connectivity index (χ1n) is 6.59. The minimum atomic E-state index is -0.237. The van der Waals surface area contributed by atoms with Crippen LogP contribution in [0.2, 0.25) is 0 Å². The summed E-state index contributed by atoms with van der Waals surface area (Å²) in [7, 11) is 0. The van der Waals surface area contributed by atoms with Crippen LogP contribution in [0.5, 0.6) is 5.75 Å². The molecule has 2 aromatic rings. The first-order chi connectivity index (χ1) is 9.95. The number of hydrogen-bond donors (Lipinski definition) is 2. The minimum absolute atomic E-state index is 0.131. The van der Waals surface area contributed by atoms with Crippen molar-refractivity contribution < 1.29 is 9.90 Å². The van der Waals surface area contributed by atoms with Crippen LogP contribution < -0.4 is 5.43 Å². The molecule has 1 aromatic carbocycles. The monoisotopic (exact) mass is 286 g/mol. The van der Waals surface area contributed by atoms with Crippen molar-refractivity contribution in [2.75, 3.05) is 0 Å². The molecule has 0 bridgehead atoms. The molecule has 110 valence electrons. The normalized spacial score (nSPS) is 11.5. The van der Waals surface area contributed by atoms with Gasteiger partial charge in [0.05, 0.1) is 11.4 Å². The quantitative estimate of drug-likeness (QED) is 0.663. The molecule has 1 aromatic heterocycles. The first-order valence-corrected chi connectivity index (χ1v) is 6.59. The zero-order chi connectivity index (χ0) is 15.4. The molecule has 1 heterocycles. The summed E-state index contributed by atoms with van der Waals surface area (Å²) in [6.07, 6.45) is 0. The third kappa shape index (κ3) is 3.92. The molecule has 0 spiro atoms. The minimum Gasteiger partial charge on any atom is -0.508 e. The third-order valence-corrected chi connectivity index (χ3v) is 3.03. The lowest BCUT2D eigenvalue weighted by Gasteiger charge is -2.05. The number of amides is 1. The van der Waals surface area contributed by atoms with Crippen LogP contribution in [0.15, 0.2) is 35.4 Å². The summed E-state index contributed by atoms with van der Waals surface area (Å²) in [6, 6.07) is 8.54. The number of carbonyl (C=O) groups is 1. The number of hydrogen-bond acceptors (Lipinski definition) is 4. The Hall–Kier alpha value is -2.63. The van der Waals surface area contributed by atoms with E-state index >= 15 is 0 Å². The second-order valence-electron chi connectivity index (χ2n) is 4.86. The standard InChI is InChI=1S/C15H18N4O2/c1-10-8-11(2)19(18-10)9-15(21)17-16-12(3)13-4-6-14(20)7-5-13/h4-8,20H,9H2,1-3H3,(H,17,21)/b16-12+. The topological polar surface area (TPSA) is 79.5 Å². The highest BCUT2D eigenvalue weighted by atomic mass is 16.3. The van der Waals surface area contributed by atoms with E-state index in [4.69, 9.17) is 0 Å². The Labute approximate surface area is 123 Å². The van der Waals surface area contributed by atoms with Crippen molar-refractivity contribution in [3.05, 3.63) is 47.3 Å². The largest absolute Gasteiger partial charge is 0.508 e. The summed E-state index contributed by atoms with van der Waals surface area (Å²) in [5.74, 6) is -0.0422. The van der Waals surface area contributed by atoms with Crippen LogP contribution in [0.4, 0.5) is 0 Å². The fourth-order valence-corrected chi connectivity index (χ4v) is 1.92. The average molecular weight is 286 g/mol. The van der Waals surface area contributed by atoms with Crippen molar-refractivity contribution in [3.63, 3.8) is 0 Å². The van der Waals surface area contributed by atoms with E-state index in [1.807, 2.05) is 19.9 Å². The fraction of sp³-hybridized carbons (Fsp3) is 0.267. The summed E-state index contributed by atoms with van der Waals surface area (Å²) >= 11 is 0. The van der Waals surface area contributed by atoms with Gasteiger partial charge in [0, 0.05) is 5.69 Å². The molecule has 0 aliphatic carbocycles. The highest BCUT2D eigenvalue weighted by molar-refractivity contribution is 5.99. The molecule has 0 atom stereocenters. The Kier molecular flexibility index (Phi) is 4.37. The lowest BCUT2D eigenvalue weighted by molar-refractivity contribution is -0.121. The summed E-state index contributed by atoms with van der Waals surface area (Å²) in [5.41, 5.74) is 5.81. The maximum absolute atomic E-state index is 11.8. The maximum Gasteiger partial charge on any atom is 0.261 e. The van der Waals surface area contributed by atoms with E-state index in [-0.39, 0.29) is 18.2 Å². The van der Waals surface area contributed by atoms with Crippen molar-refractivity contribution >= 4 is 11.6 Å².